The first-order valence-corrected chi connectivity index (χ1v) is 17.4. The molecule has 4 atom stereocenters. The van der Waals surface area contributed by atoms with Gasteiger partial charge >= 0.3 is 12.1 Å². The molecule has 50 heavy (non-hydrogen) atoms. The molecule has 262 valence electrons. The maximum absolute atomic E-state index is 14.1. The second-order valence-corrected chi connectivity index (χ2v) is 15.1. The number of methoxy groups -OCH3 is 1. The van der Waals surface area contributed by atoms with Gasteiger partial charge in [-0.2, -0.15) is 0 Å². The molecule has 0 radical (unpaired) electrons. The third kappa shape index (κ3) is 6.25. The zero-order chi connectivity index (χ0) is 35.2. The Balaban J connectivity index is 1.06. The molecule has 3 fully saturated rings. The number of benzene rings is 3. The third-order valence-electron chi connectivity index (χ3n) is 11.3. The molecule has 3 amide bonds. The van der Waals surface area contributed by atoms with Crippen molar-refractivity contribution in [2.45, 2.75) is 51.9 Å². The van der Waals surface area contributed by atoms with Gasteiger partial charge in [0.2, 0.25) is 11.8 Å². The Morgan fingerprint density at radius 3 is 2.02 bits per heavy atom. The Morgan fingerprint density at radius 2 is 1.42 bits per heavy atom. The lowest BCUT2D eigenvalue weighted by atomic mass is 9.70. The van der Waals surface area contributed by atoms with Crippen molar-refractivity contribution in [3.63, 3.8) is 0 Å². The van der Waals surface area contributed by atoms with Crippen LogP contribution in [-0.4, -0.2) is 85.7 Å². The maximum Gasteiger partial charge on any atom is 0.409 e. The average molecular weight is 680 g/mol. The molecule has 10 heteroatoms. The molecule has 1 saturated carbocycles. The van der Waals surface area contributed by atoms with Crippen LogP contribution in [0.25, 0.3) is 11.1 Å². The highest BCUT2D eigenvalue weighted by molar-refractivity contribution is 5.89. The lowest BCUT2D eigenvalue weighted by Crippen LogP contribution is -2.65. The quantitative estimate of drug-likeness (QED) is 0.300. The van der Waals surface area contributed by atoms with Crippen LogP contribution in [0.15, 0.2) is 78.9 Å². The van der Waals surface area contributed by atoms with Crippen LogP contribution in [0.1, 0.15) is 49.8 Å². The summed E-state index contributed by atoms with van der Waals surface area (Å²) < 4.78 is 17.1. The fourth-order valence-corrected chi connectivity index (χ4v) is 8.10. The van der Waals surface area contributed by atoms with Crippen LogP contribution >= 0.6 is 0 Å². The molecule has 1 unspecified atom stereocenters. The fourth-order valence-electron chi connectivity index (χ4n) is 8.10. The Morgan fingerprint density at radius 1 is 0.840 bits per heavy atom. The van der Waals surface area contributed by atoms with Crippen LogP contribution in [-0.2, 0) is 35.2 Å². The Kier molecular flexibility index (Phi) is 8.92. The van der Waals surface area contributed by atoms with Crippen LogP contribution in [0.2, 0.25) is 0 Å². The average Bonchev–Trinajstić information content (AvgIpc) is 3.43. The first-order chi connectivity index (χ1) is 24.0. The van der Waals surface area contributed by atoms with Crippen molar-refractivity contribution in [1.29, 1.82) is 0 Å². The fraction of sp³-hybridized carbons (Fsp3) is 0.450. The molecule has 0 bridgehead atoms. The van der Waals surface area contributed by atoms with Crippen molar-refractivity contribution in [2.24, 2.45) is 22.7 Å². The van der Waals surface area contributed by atoms with Crippen molar-refractivity contribution in [3.8, 4) is 11.1 Å². The van der Waals surface area contributed by atoms with E-state index < -0.39 is 35.5 Å². The molecule has 1 N–H and O–H groups in total. The highest BCUT2D eigenvalue weighted by Gasteiger charge is 2.62. The van der Waals surface area contributed by atoms with Gasteiger partial charge in [-0.15, -0.1) is 0 Å². The molecule has 3 aromatic carbocycles. The van der Waals surface area contributed by atoms with Crippen LogP contribution in [0.3, 0.4) is 0 Å². The van der Waals surface area contributed by atoms with E-state index in [2.05, 4.69) is 43.4 Å². The van der Waals surface area contributed by atoms with Crippen molar-refractivity contribution >= 4 is 23.9 Å². The number of esters is 1. The highest BCUT2D eigenvalue weighted by Crippen LogP contribution is 2.55. The minimum Gasteiger partial charge on any atom is -0.467 e. The van der Waals surface area contributed by atoms with E-state index in [-0.39, 0.29) is 55.4 Å². The molecule has 7 rings (SSSR count). The summed E-state index contributed by atoms with van der Waals surface area (Å²) in [6.07, 6.45) is -0.357. The molecular weight excluding hydrogens is 634 g/mol. The summed E-state index contributed by atoms with van der Waals surface area (Å²) >= 11 is 0. The Hall–Kier alpha value is -4.70. The second-order valence-electron chi connectivity index (χ2n) is 15.1. The van der Waals surface area contributed by atoms with Crippen molar-refractivity contribution in [1.82, 2.24) is 15.1 Å². The number of fused-ring (bicyclic) bond motifs is 3. The SMILES string of the molecule is COC(=O)[C@@H](NC(=O)C1CN(C(=O)OCC2c3ccccc3-c3ccccc32)CC12CN(C(=O)[C@H]1CC1(C)C)C2)[C@@H](C)OCc1ccccc1. The number of nitrogens with zero attached hydrogens (tertiary/aromatic N) is 2. The van der Waals surface area contributed by atoms with E-state index in [1.807, 2.05) is 59.5 Å². The molecule has 2 aliphatic heterocycles. The summed E-state index contributed by atoms with van der Waals surface area (Å²) in [5, 5.41) is 2.90. The minimum absolute atomic E-state index is 0.0246. The summed E-state index contributed by atoms with van der Waals surface area (Å²) in [5.74, 6) is -1.72. The zero-order valence-electron chi connectivity index (χ0n) is 29.1. The number of amides is 3. The van der Waals surface area contributed by atoms with Crippen LogP contribution in [0, 0.1) is 22.7 Å². The molecule has 2 aliphatic carbocycles. The van der Waals surface area contributed by atoms with Crippen molar-refractivity contribution in [3.05, 3.63) is 95.6 Å². The largest absolute Gasteiger partial charge is 0.467 e. The number of carbonyl (C=O) groups is 4. The van der Waals surface area contributed by atoms with Gasteiger partial charge in [-0.05, 0) is 46.6 Å². The van der Waals surface area contributed by atoms with Gasteiger partial charge in [-0.25, -0.2) is 9.59 Å². The van der Waals surface area contributed by atoms with E-state index >= 15 is 0 Å². The lowest BCUT2D eigenvalue weighted by molar-refractivity contribution is -0.155. The van der Waals surface area contributed by atoms with Gasteiger partial charge in [0, 0.05) is 43.4 Å². The highest BCUT2D eigenvalue weighted by atomic mass is 16.6. The van der Waals surface area contributed by atoms with Crippen molar-refractivity contribution < 1.29 is 33.4 Å². The predicted octanol–water partition coefficient (Wildman–Crippen LogP) is 5.01. The van der Waals surface area contributed by atoms with E-state index in [0.717, 1.165) is 34.2 Å². The van der Waals surface area contributed by atoms with Crippen LogP contribution in [0.4, 0.5) is 4.79 Å². The van der Waals surface area contributed by atoms with E-state index in [0.29, 0.717) is 13.1 Å². The van der Waals surface area contributed by atoms with E-state index in [1.165, 1.54) is 7.11 Å². The molecule has 2 heterocycles. The number of rotatable bonds is 10. The summed E-state index contributed by atoms with van der Waals surface area (Å²) in [7, 11) is 1.27. The van der Waals surface area contributed by atoms with Gasteiger partial charge in [0.1, 0.15) is 6.61 Å². The molecule has 0 aromatic heterocycles. The predicted molar refractivity (Wildman–Crippen MR) is 186 cm³/mol. The van der Waals surface area contributed by atoms with Gasteiger partial charge < -0.3 is 29.3 Å². The smallest absolute Gasteiger partial charge is 0.409 e. The van der Waals surface area contributed by atoms with E-state index in [1.54, 1.807) is 11.8 Å². The third-order valence-corrected chi connectivity index (χ3v) is 11.3. The summed E-state index contributed by atoms with van der Waals surface area (Å²) in [6.45, 7) is 7.39. The molecule has 3 aromatic rings. The normalized spacial score (nSPS) is 22.2. The van der Waals surface area contributed by atoms with Crippen LogP contribution in [0.5, 0.6) is 0 Å². The Labute approximate surface area is 293 Å². The Bertz CT molecular complexity index is 1740. The minimum atomic E-state index is -1.07. The second kappa shape index (κ2) is 13.2. The summed E-state index contributed by atoms with van der Waals surface area (Å²) in [6, 6.07) is 24.8. The topological polar surface area (TPSA) is 114 Å². The van der Waals surface area contributed by atoms with Gasteiger partial charge in [-0.1, -0.05) is 92.7 Å². The summed E-state index contributed by atoms with van der Waals surface area (Å²) in [5.41, 5.74) is 4.75. The number of nitrogens with one attached hydrogen (secondary N) is 1. The monoisotopic (exact) mass is 679 g/mol. The number of likely N-dealkylation sites (tertiary alicyclic amines) is 2. The van der Waals surface area contributed by atoms with Gasteiger partial charge in [-0.3, -0.25) is 9.59 Å². The molecule has 4 aliphatic rings. The molecule has 10 nitrogen and oxygen atoms in total. The van der Waals surface area contributed by atoms with E-state index in [9.17, 15) is 19.2 Å². The number of ether oxygens (including phenoxy) is 3. The summed E-state index contributed by atoms with van der Waals surface area (Å²) in [4.78, 5) is 57.5. The number of hydrogen-bond donors (Lipinski definition) is 1. The number of carbonyl (C=O) groups excluding carboxylic acids is 4. The first-order valence-electron chi connectivity index (χ1n) is 17.4. The standard InChI is InChI=1S/C40H45N3O7/c1-25(49-20-26-12-6-5-7-13-26)34(37(46)48-4)41-35(44)33-19-42(22-40(33)23-43(24-40)36(45)32-18-39(32,2)3)38(47)50-21-31-29-16-10-8-14-27(29)28-15-9-11-17-30(28)31/h5-17,25,31-34H,18-24H2,1-4H3,(H,41,44)/t25-,32-,33?,34+/m1/s1. The van der Waals surface area contributed by atoms with Gasteiger partial charge in [0.05, 0.1) is 25.7 Å². The lowest BCUT2D eigenvalue weighted by Gasteiger charge is -2.50. The molecule has 2 saturated heterocycles. The number of hydrogen-bond acceptors (Lipinski definition) is 7. The van der Waals surface area contributed by atoms with Gasteiger partial charge in [0.15, 0.2) is 6.04 Å². The molecule has 1 spiro atoms. The first kappa shape index (κ1) is 33.8. The van der Waals surface area contributed by atoms with Crippen LogP contribution < -0.4 is 5.32 Å². The maximum atomic E-state index is 14.1. The zero-order valence-corrected chi connectivity index (χ0v) is 29.1. The van der Waals surface area contributed by atoms with Crippen molar-refractivity contribution in [2.75, 3.05) is 39.9 Å². The van der Waals surface area contributed by atoms with E-state index in [4.69, 9.17) is 14.2 Å². The van der Waals surface area contributed by atoms with Gasteiger partial charge in [0.25, 0.3) is 0 Å². The molecular formula is C40H45N3O7.